The Hall–Kier alpha value is -1.09. The van der Waals surface area contributed by atoms with Crippen molar-refractivity contribution in [2.24, 2.45) is 11.8 Å². The van der Waals surface area contributed by atoms with E-state index in [0.29, 0.717) is 17.6 Å². The molecule has 1 aromatic carbocycles. The van der Waals surface area contributed by atoms with Crippen LogP contribution in [0.5, 0.6) is 5.75 Å². The molecular weight excluding hydrogens is 241 g/mol. The molecule has 3 heteroatoms. The maximum Gasteiger partial charge on any atom is 0.165 e. The summed E-state index contributed by atoms with van der Waals surface area (Å²) in [6, 6.07) is 5.43. The zero-order chi connectivity index (χ0) is 13.8. The zero-order valence-electron chi connectivity index (χ0n) is 12.1. The molecular formula is C16H24FNO. The van der Waals surface area contributed by atoms with Crippen molar-refractivity contribution in [3.63, 3.8) is 0 Å². The predicted octanol–water partition coefficient (Wildman–Crippen LogP) is 3.57. The van der Waals surface area contributed by atoms with Gasteiger partial charge in [0, 0.05) is 0 Å². The van der Waals surface area contributed by atoms with E-state index >= 15 is 0 Å². The predicted molar refractivity (Wildman–Crippen MR) is 76.1 cm³/mol. The number of rotatable bonds is 4. The fourth-order valence-corrected chi connectivity index (χ4v) is 3.27. The van der Waals surface area contributed by atoms with Gasteiger partial charge in [-0.05, 0) is 61.9 Å². The second-order valence-corrected chi connectivity index (χ2v) is 5.74. The second kappa shape index (κ2) is 6.38. The molecule has 19 heavy (non-hydrogen) atoms. The van der Waals surface area contributed by atoms with Gasteiger partial charge in [0.15, 0.2) is 11.6 Å². The van der Waals surface area contributed by atoms with Crippen molar-refractivity contribution in [2.45, 2.75) is 32.1 Å². The Morgan fingerprint density at radius 1 is 1.37 bits per heavy atom. The first-order valence-electron chi connectivity index (χ1n) is 7.13. The smallest absolute Gasteiger partial charge is 0.165 e. The van der Waals surface area contributed by atoms with Crippen LogP contribution in [0.15, 0.2) is 18.2 Å². The van der Waals surface area contributed by atoms with Gasteiger partial charge in [-0.2, -0.15) is 0 Å². The molecule has 1 aromatic rings. The van der Waals surface area contributed by atoms with Crippen molar-refractivity contribution in [2.75, 3.05) is 20.7 Å². The van der Waals surface area contributed by atoms with Crippen molar-refractivity contribution in [3.05, 3.63) is 29.6 Å². The molecule has 2 rings (SSSR count). The summed E-state index contributed by atoms with van der Waals surface area (Å²) in [5.41, 5.74) is 1.12. The minimum Gasteiger partial charge on any atom is -0.494 e. The van der Waals surface area contributed by atoms with Crippen LogP contribution in [0, 0.1) is 17.7 Å². The van der Waals surface area contributed by atoms with Gasteiger partial charge >= 0.3 is 0 Å². The molecule has 0 saturated heterocycles. The summed E-state index contributed by atoms with van der Waals surface area (Å²) in [5.74, 6) is 1.87. The summed E-state index contributed by atoms with van der Waals surface area (Å²) >= 11 is 0. The van der Waals surface area contributed by atoms with Gasteiger partial charge in [0.05, 0.1) is 7.11 Å². The zero-order valence-corrected chi connectivity index (χ0v) is 12.1. The van der Waals surface area contributed by atoms with Crippen LogP contribution in [0.2, 0.25) is 0 Å². The highest BCUT2D eigenvalue weighted by Gasteiger charge is 2.29. The van der Waals surface area contributed by atoms with E-state index in [0.717, 1.165) is 24.4 Å². The Morgan fingerprint density at radius 2 is 2.16 bits per heavy atom. The van der Waals surface area contributed by atoms with Crippen LogP contribution >= 0.6 is 0 Å². The molecule has 0 radical (unpaired) electrons. The van der Waals surface area contributed by atoms with Crippen LogP contribution in [-0.2, 0) is 0 Å². The number of hydrogen-bond acceptors (Lipinski definition) is 2. The monoisotopic (exact) mass is 265 g/mol. The lowest BCUT2D eigenvalue weighted by Gasteiger charge is -2.35. The number of halogens is 1. The number of benzene rings is 1. The van der Waals surface area contributed by atoms with E-state index in [2.05, 4.69) is 12.2 Å². The Labute approximate surface area is 115 Å². The highest BCUT2D eigenvalue weighted by Crippen LogP contribution is 2.41. The summed E-state index contributed by atoms with van der Waals surface area (Å²) in [5, 5.41) is 3.27. The molecule has 0 spiro atoms. The maximum absolute atomic E-state index is 13.9. The first-order chi connectivity index (χ1) is 9.15. The fraction of sp³-hybridized carbons (Fsp3) is 0.625. The van der Waals surface area contributed by atoms with Gasteiger partial charge in [-0.25, -0.2) is 4.39 Å². The molecule has 1 fully saturated rings. The van der Waals surface area contributed by atoms with E-state index in [-0.39, 0.29) is 5.82 Å². The highest BCUT2D eigenvalue weighted by molar-refractivity contribution is 5.32. The van der Waals surface area contributed by atoms with E-state index in [4.69, 9.17) is 4.74 Å². The third-order valence-electron chi connectivity index (χ3n) is 4.33. The molecule has 0 aliphatic heterocycles. The summed E-state index contributed by atoms with van der Waals surface area (Å²) < 4.78 is 18.9. The maximum atomic E-state index is 13.9. The van der Waals surface area contributed by atoms with E-state index in [9.17, 15) is 4.39 Å². The Morgan fingerprint density at radius 3 is 2.79 bits per heavy atom. The molecule has 2 nitrogen and oxygen atoms in total. The summed E-state index contributed by atoms with van der Waals surface area (Å²) in [4.78, 5) is 0. The van der Waals surface area contributed by atoms with Crippen LogP contribution < -0.4 is 10.1 Å². The molecule has 1 N–H and O–H groups in total. The van der Waals surface area contributed by atoms with Gasteiger partial charge in [0.1, 0.15) is 0 Å². The summed E-state index contributed by atoms with van der Waals surface area (Å²) in [7, 11) is 3.49. The lowest BCUT2D eigenvalue weighted by Crippen LogP contribution is -2.30. The lowest BCUT2D eigenvalue weighted by atomic mass is 9.71. The fourth-order valence-electron chi connectivity index (χ4n) is 3.27. The van der Waals surface area contributed by atoms with Gasteiger partial charge in [0.25, 0.3) is 0 Å². The van der Waals surface area contributed by atoms with Crippen molar-refractivity contribution >= 4 is 0 Å². The molecule has 3 atom stereocenters. The third-order valence-corrected chi connectivity index (χ3v) is 4.33. The molecule has 0 bridgehead atoms. The van der Waals surface area contributed by atoms with Gasteiger partial charge in [-0.3, -0.25) is 0 Å². The number of nitrogens with one attached hydrogen (secondary N) is 1. The average Bonchev–Trinajstić information content (AvgIpc) is 2.41. The molecule has 1 aliphatic rings. The second-order valence-electron chi connectivity index (χ2n) is 5.74. The third kappa shape index (κ3) is 3.27. The van der Waals surface area contributed by atoms with Crippen molar-refractivity contribution in [3.8, 4) is 5.75 Å². The molecule has 1 aliphatic carbocycles. The quantitative estimate of drug-likeness (QED) is 0.898. The molecule has 106 valence electrons. The van der Waals surface area contributed by atoms with Gasteiger partial charge < -0.3 is 10.1 Å². The minimum absolute atomic E-state index is 0.249. The van der Waals surface area contributed by atoms with Crippen LogP contribution in [0.1, 0.15) is 37.7 Å². The van der Waals surface area contributed by atoms with Gasteiger partial charge in [-0.15, -0.1) is 0 Å². The van der Waals surface area contributed by atoms with E-state index in [1.165, 1.54) is 20.0 Å². The van der Waals surface area contributed by atoms with E-state index < -0.39 is 0 Å². The molecule has 0 aromatic heterocycles. The Kier molecular flexibility index (Phi) is 4.81. The van der Waals surface area contributed by atoms with Gasteiger partial charge in [0.2, 0.25) is 0 Å². The Bertz CT molecular complexity index is 421. The van der Waals surface area contributed by atoms with Crippen molar-refractivity contribution in [1.82, 2.24) is 5.32 Å². The van der Waals surface area contributed by atoms with Crippen LogP contribution in [0.3, 0.4) is 0 Å². The normalized spacial score (nSPS) is 27.3. The van der Waals surface area contributed by atoms with E-state index in [1.807, 2.05) is 13.1 Å². The Balaban J connectivity index is 2.23. The molecule has 0 heterocycles. The summed E-state index contributed by atoms with van der Waals surface area (Å²) in [6.45, 7) is 3.30. The van der Waals surface area contributed by atoms with Crippen LogP contribution in [-0.4, -0.2) is 20.7 Å². The lowest BCUT2D eigenvalue weighted by molar-refractivity contribution is 0.244. The van der Waals surface area contributed by atoms with Crippen molar-refractivity contribution in [1.29, 1.82) is 0 Å². The molecule has 0 amide bonds. The molecule has 3 unspecified atom stereocenters. The molecule has 1 saturated carbocycles. The highest BCUT2D eigenvalue weighted by atomic mass is 19.1. The number of hydrogen-bond donors (Lipinski definition) is 1. The SMILES string of the molecule is CNCC1CCC(C)CC1c1ccc(OC)c(F)c1. The van der Waals surface area contributed by atoms with Gasteiger partial charge in [-0.1, -0.05) is 19.4 Å². The minimum atomic E-state index is -0.249. The standard InChI is InChI=1S/C16H24FNO/c1-11-4-5-13(10-18-2)14(8-11)12-6-7-16(19-3)15(17)9-12/h6-7,9,11,13-14,18H,4-5,8,10H2,1-3H3. The van der Waals surface area contributed by atoms with E-state index in [1.54, 1.807) is 12.1 Å². The topological polar surface area (TPSA) is 21.3 Å². The first kappa shape index (κ1) is 14.3. The first-order valence-corrected chi connectivity index (χ1v) is 7.13. The average molecular weight is 265 g/mol. The van der Waals surface area contributed by atoms with Crippen molar-refractivity contribution < 1.29 is 9.13 Å². The summed E-state index contributed by atoms with van der Waals surface area (Å²) in [6.07, 6.45) is 3.65. The largest absolute Gasteiger partial charge is 0.494 e. The van der Waals surface area contributed by atoms with Crippen LogP contribution in [0.25, 0.3) is 0 Å². The van der Waals surface area contributed by atoms with Crippen LogP contribution in [0.4, 0.5) is 4.39 Å². The number of ether oxygens (including phenoxy) is 1. The number of methoxy groups -OCH3 is 1.